The maximum absolute atomic E-state index is 12.7. The van der Waals surface area contributed by atoms with E-state index in [9.17, 15) is 27.9 Å². The zero-order valence-electron chi connectivity index (χ0n) is 18.3. The van der Waals surface area contributed by atoms with Crippen molar-refractivity contribution in [1.29, 1.82) is 0 Å². The van der Waals surface area contributed by atoms with E-state index >= 15 is 0 Å². The van der Waals surface area contributed by atoms with Crippen LogP contribution in [0, 0.1) is 18.8 Å². The predicted molar refractivity (Wildman–Crippen MR) is 115 cm³/mol. The van der Waals surface area contributed by atoms with Crippen LogP contribution >= 0.6 is 0 Å². The molecule has 0 saturated carbocycles. The average Bonchev–Trinajstić information content (AvgIpc) is 2.70. The first-order chi connectivity index (χ1) is 14.4. The van der Waals surface area contributed by atoms with E-state index in [1.165, 1.54) is 24.0 Å². The van der Waals surface area contributed by atoms with Crippen LogP contribution in [-0.4, -0.2) is 61.4 Å². The molecular weight excluding hydrogens is 422 g/mol. The molecule has 1 aromatic rings. The number of nitrogens with zero attached hydrogens (tertiary/aromatic N) is 1. The van der Waals surface area contributed by atoms with Gasteiger partial charge in [-0.25, -0.2) is 13.2 Å². The van der Waals surface area contributed by atoms with Crippen LogP contribution in [0.1, 0.15) is 39.2 Å². The Kier molecular flexibility index (Phi) is 8.19. The first kappa shape index (κ1) is 24.8. The fourth-order valence-corrected chi connectivity index (χ4v) is 4.69. The Bertz CT molecular complexity index is 906. The highest BCUT2D eigenvalue weighted by Gasteiger charge is 2.33. The molecule has 1 aliphatic heterocycles. The summed E-state index contributed by atoms with van der Waals surface area (Å²) in [5.41, 5.74) is 0.929. The molecule has 1 heterocycles. The number of carboxylic acids is 1. The first-order valence-corrected chi connectivity index (χ1v) is 11.8. The minimum absolute atomic E-state index is 0.0891. The molecule has 0 aromatic heterocycles. The second-order valence-corrected chi connectivity index (χ2v) is 10.0. The number of aryl methyl sites for hydroxylation is 1. The molecule has 31 heavy (non-hydrogen) atoms. The molecule has 1 aliphatic rings. The van der Waals surface area contributed by atoms with Gasteiger partial charge in [0.1, 0.15) is 6.04 Å². The third kappa shape index (κ3) is 6.51. The highest BCUT2D eigenvalue weighted by atomic mass is 32.2. The molecule has 3 N–H and O–H groups in total. The molecule has 2 rings (SSSR count). The fraction of sp³-hybridized carbons (Fsp3) is 0.571. The van der Waals surface area contributed by atoms with Gasteiger partial charge in [0, 0.05) is 19.0 Å². The lowest BCUT2D eigenvalue weighted by molar-refractivity contribution is -0.144. The molecule has 0 radical (unpaired) electrons. The third-order valence-corrected chi connectivity index (χ3v) is 7.00. The molecule has 2 atom stereocenters. The van der Waals surface area contributed by atoms with E-state index in [0.717, 1.165) is 5.56 Å². The van der Waals surface area contributed by atoms with Gasteiger partial charge in [0.25, 0.3) is 0 Å². The van der Waals surface area contributed by atoms with Crippen LogP contribution in [0.25, 0.3) is 0 Å². The van der Waals surface area contributed by atoms with Gasteiger partial charge in [-0.05, 0) is 44.7 Å². The molecule has 0 bridgehead atoms. The van der Waals surface area contributed by atoms with Gasteiger partial charge in [-0.3, -0.25) is 9.59 Å². The number of amides is 2. The quantitative estimate of drug-likeness (QED) is 0.540. The number of piperidine rings is 1. The Labute approximate surface area is 183 Å². The van der Waals surface area contributed by atoms with E-state index in [1.807, 2.05) is 6.92 Å². The maximum Gasteiger partial charge on any atom is 0.326 e. The van der Waals surface area contributed by atoms with Crippen molar-refractivity contribution in [2.75, 3.05) is 13.1 Å². The first-order valence-electron chi connectivity index (χ1n) is 10.3. The zero-order valence-corrected chi connectivity index (χ0v) is 19.1. The Morgan fingerprint density at radius 1 is 1.06 bits per heavy atom. The standard InChI is InChI=1S/C21H31N3O6S/c1-13(2)18(21(27)28)22-19(25)16-9-11-24(12-10-16)20(26)15(4)23-31(29,30)17-7-5-14(3)6-8-17/h5-8,13,15-16,18,23H,9-12H2,1-4H3,(H,22,25)(H,27,28)/t15-,18+/m1/s1. The summed E-state index contributed by atoms with van der Waals surface area (Å²) in [6, 6.07) is 4.44. The van der Waals surface area contributed by atoms with Gasteiger partial charge < -0.3 is 15.3 Å². The van der Waals surface area contributed by atoms with E-state index in [-0.39, 0.29) is 28.5 Å². The summed E-state index contributed by atoms with van der Waals surface area (Å²) >= 11 is 0. The van der Waals surface area contributed by atoms with Crippen LogP contribution in [-0.2, 0) is 24.4 Å². The Balaban J connectivity index is 1.91. The highest BCUT2D eigenvalue weighted by Crippen LogP contribution is 2.19. The summed E-state index contributed by atoms with van der Waals surface area (Å²) in [5, 5.41) is 11.8. The van der Waals surface area contributed by atoms with Gasteiger partial charge in [0.2, 0.25) is 21.8 Å². The van der Waals surface area contributed by atoms with E-state index in [4.69, 9.17) is 0 Å². The van der Waals surface area contributed by atoms with Crippen LogP contribution in [0.4, 0.5) is 0 Å². The zero-order chi connectivity index (χ0) is 23.3. The second kappa shape index (κ2) is 10.2. The molecule has 10 heteroatoms. The van der Waals surface area contributed by atoms with Crippen LogP contribution in [0.15, 0.2) is 29.2 Å². The molecule has 1 aromatic carbocycles. The van der Waals surface area contributed by atoms with Gasteiger partial charge in [0.05, 0.1) is 10.9 Å². The molecule has 9 nitrogen and oxygen atoms in total. The number of hydrogen-bond donors (Lipinski definition) is 3. The van der Waals surface area contributed by atoms with Crippen molar-refractivity contribution in [3.05, 3.63) is 29.8 Å². The lowest BCUT2D eigenvalue weighted by Crippen LogP contribution is -2.52. The van der Waals surface area contributed by atoms with Crippen molar-refractivity contribution in [3.63, 3.8) is 0 Å². The predicted octanol–water partition coefficient (Wildman–Crippen LogP) is 1.13. The molecule has 172 valence electrons. The smallest absolute Gasteiger partial charge is 0.326 e. The van der Waals surface area contributed by atoms with Crippen molar-refractivity contribution in [1.82, 2.24) is 14.9 Å². The monoisotopic (exact) mass is 453 g/mol. The Morgan fingerprint density at radius 3 is 2.10 bits per heavy atom. The van der Waals surface area contributed by atoms with Crippen molar-refractivity contribution in [3.8, 4) is 0 Å². The minimum Gasteiger partial charge on any atom is -0.480 e. The van der Waals surface area contributed by atoms with Crippen LogP contribution < -0.4 is 10.0 Å². The maximum atomic E-state index is 12.7. The second-order valence-electron chi connectivity index (χ2n) is 8.32. The number of aliphatic carboxylic acids is 1. The molecular formula is C21H31N3O6S. The number of likely N-dealkylation sites (tertiary alicyclic amines) is 1. The summed E-state index contributed by atoms with van der Waals surface area (Å²) in [6.07, 6.45) is 0.777. The molecule has 1 saturated heterocycles. The number of carbonyl (C=O) groups excluding carboxylic acids is 2. The number of carbonyl (C=O) groups is 3. The van der Waals surface area contributed by atoms with Crippen LogP contribution in [0.2, 0.25) is 0 Å². The number of nitrogens with one attached hydrogen (secondary N) is 2. The summed E-state index contributed by atoms with van der Waals surface area (Å²) < 4.78 is 27.4. The normalized spacial score (nSPS) is 17.3. The lowest BCUT2D eigenvalue weighted by Gasteiger charge is -2.33. The van der Waals surface area contributed by atoms with Crippen molar-refractivity contribution in [2.24, 2.45) is 11.8 Å². The fourth-order valence-electron chi connectivity index (χ4n) is 3.49. The van der Waals surface area contributed by atoms with Gasteiger partial charge >= 0.3 is 5.97 Å². The molecule has 0 aliphatic carbocycles. The summed E-state index contributed by atoms with van der Waals surface area (Å²) in [7, 11) is -3.83. The largest absolute Gasteiger partial charge is 0.480 e. The van der Waals surface area contributed by atoms with E-state index in [1.54, 1.807) is 26.0 Å². The number of rotatable bonds is 8. The number of sulfonamides is 1. The summed E-state index contributed by atoms with van der Waals surface area (Å²) in [6.45, 7) is 7.39. The number of carboxylic acid groups (broad SMARTS) is 1. The summed E-state index contributed by atoms with van der Waals surface area (Å²) in [4.78, 5) is 38.0. The van der Waals surface area contributed by atoms with Crippen molar-refractivity contribution < 1.29 is 27.9 Å². The van der Waals surface area contributed by atoms with Crippen LogP contribution in [0.5, 0.6) is 0 Å². The molecule has 0 spiro atoms. The van der Waals surface area contributed by atoms with E-state index in [0.29, 0.717) is 25.9 Å². The summed E-state index contributed by atoms with van der Waals surface area (Å²) in [5.74, 6) is -2.40. The van der Waals surface area contributed by atoms with Gasteiger partial charge in [-0.2, -0.15) is 4.72 Å². The molecule has 2 amide bonds. The van der Waals surface area contributed by atoms with Gasteiger partial charge in [-0.1, -0.05) is 31.5 Å². The topological polar surface area (TPSA) is 133 Å². The third-order valence-electron chi connectivity index (χ3n) is 5.44. The van der Waals surface area contributed by atoms with Crippen molar-refractivity contribution >= 4 is 27.8 Å². The van der Waals surface area contributed by atoms with E-state index < -0.39 is 28.1 Å². The average molecular weight is 454 g/mol. The minimum atomic E-state index is -3.83. The molecule has 0 unspecified atom stereocenters. The van der Waals surface area contributed by atoms with Gasteiger partial charge in [-0.15, -0.1) is 0 Å². The lowest BCUT2D eigenvalue weighted by atomic mass is 9.94. The highest BCUT2D eigenvalue weighted by molar-refractivity contribution is 7.89. The van der Waals surface area contributed by atoms with Crippen molar-refractivity contribution in [2.45, 2.75) is 57.5 Å². The van der Waals surface area contributed by atoms with E-state index in [2.05, 4.69) is 10.0 Å². The number of benzene rings is 1. The SMILES string of the molecule is Cc1ccc(S(=O)(=O)N[C@H](C)C(=O)N2CCC(C(=O)N[C@H](C(=O)O)C(C)C)CC2)cc1. The Hall–Kier alpha value is -2.46. The van der Waals surface area contributed by atoms with Gasteiger partial charge in [0.15, 0.2) is 0 Å². The molecule has 1 fully saturated rings. The Morgan fingerprint density at radius 2 is 1.61 bits per heavy atom. The van der Waals surface area contributed by atoms with Crippen LogP contribution in [0.3, 0.4) is 0 Å². The number of hydrogen-bond acceptors (Lipinski definition) is 5.